The predicted molar refractivity (Wildman–Crippen MR) is 104 cm³/mol. The summed E-state index contributed by atoms with van der Waals surface area (Å²) in [6.45, 7) is 4.34. The van der Waals surface area contributed by atoms with Gasteiger partial charge in [-0.05, 0) is 55.3 Å². The van der Waals surface area contributed by atoms with Crippen molar-refractivity contribution in [2.75, 3.05) is 11.9 Å². The van der Waals surface area contributed by atoms with Gasteiger partial charge in [0.05, 0.1) is 11.1 Å². The molecule has 134 valence electrons. The van der Waals surface area contributed by atoms with E-state index >= 15 is 0 Å². The van der Waals surface area contributed by atoms with Crippen molar-refractivity contribution in [1.82, 2.24) is 4.90 Å². The van der Waals surface area contributed by atoms with Crippen LogP contribution in [-0.4, -0.2) is 29.2 Å². The van der Waals surface area contributed by atoms with Gasteiger partial charge in [-0.3, -0.25) is 19.3 Å². The Morgan fingerprint density at radius 2 is 1.81 bits per heavy atom. The van der Waals surface area contributed by atoms with Crippen LogP contribution in [-0.2, 0) is 0 Å². The van der Waals surface area contributed by atoms with Crippen LogP contribution in [0.1, 0.15) is 56.4 Å². The molecule has 1 heterocycles. The summed E-state index contributed by atoms with van der Waals surface area (Å²) in [4.78, 5) is 38.6. The molecule has 6 heteroatoms. The zero-order valence-corrected chi connectivity index (χ0v) is 16.2. The first-order valence-electron chi connectivity index (χ1n) is 8.50. The Kier molecular flexibility index (Phi) is 5.23. The van der Waals surface area contributed by atoms with Crippen LogP contribution in [0.3, 0.4) is 0 Å². The summed E-state index contributed by atoms with van der Waals surface area (Å²) in [6, 6.07) is 10.2. The average Bonchev–Trinajstić information content (AvgIpc) is 2.86. The minimum absolute atomic E-state index is 0.283. The van der Waals surface area contributed by atoms with Gasteiger partial charge in [-0.15, -0.1) is 0 Å². The zero-order valence-electron chi connectivity index (χ0n) is 14.6. The van der Waals surface area contributed by atoms with Gasteiger partial charge >= 0.3 is 0 Å². The largest absolute Gasteiger partial charge is 0.322 e. The number of nitrogens with one attached hydrogen (secondary N) is 1. The normalized spacial score (nSPS) is 13.1. The summed E-state index contributed by atoms with van der Waals surface area (Å²) < 4.78 is 0.962. The second kappa shape index (κ2) is 7.41. The molecule has 0 atom stereocenters. The molecular formula is C20H19BrN2O3. The minimum atomic E-state index is -0.326. The van der Waals surface area contributed by atoms with Gasteiger partial charge in [-0.25, -0.2) is 0 Å². The number of carbonyl (C=O) groups excluding carboxylic acids is 3. The molecule has 26 heavy (non-hydrogen) atoms. The summed E-state index contributed by atoms with van der Waals surface area (Å²) in [7, 11) is 0. The lowest BCUT2D eigenvalue weighted by molar-refractivity contribution is 0.0652. The number of carbonyl (C=O) groups is 3. The third-order valence-corrected chi connectivity index (χ3v) is 5.27. The van der Waals surface area contributed by atoms with Gasteiger partial charge in [0.1, 0.15) is 0 Å². The van der Waals surface area contributed by atoms with Gasteiger partial charge < -0.3 is 5.32 Å². The van der Waals surface area contributed by atoms with E-state index in [2.05, 4.69) is 21.2 Å². The fraction of sp³-hybridized carbons (Fsp3) is 0.250. The molecule has 5 nitrogen and oxygen atoms in total. The number of rotatable bonds is 5. The first-order chi connectivity index (χ1) is 12.4. The van der Waals surface area contributed by atoms with Crippen molar-refractivity contribution in [2.45, 2.75) is 26.7 Å². The molecule has 0 bridgehead atoms. The lowest BCUT2D eigenvalue weighted by Crippen LogP contribution is -2.30. The van der Waals surface area contributed by atoms with Crippen molar-refractivity contribution in [3.63, 3.8) is 0 Å². The van der Waals surface area contributed by atoms with E-state index < -0.39 is 0 Å². The number of hydrogen-bond donors (Lipinski definition) is 1. The Labute approximate surface area is 160 Å². The zero-order chi connectivity index (χ0) is 18.8. The average molecular weight is 415 g/mol. The van der Waals surface area contributed by atoms with Crippen LogP contribution >= 0.6 is 15.9 Å². The molecule has 0 aromatic heterocycles. The fourth-order valence-electron chi connectivity index (χ4n) is 2.88. The van der Waals surface area contributed by atoms with Crippen LogP contribution in [0.5, 0.6) is 0 Å². The highest BCUT2D eigenvalue weighted by Gasteiger charge is 2.35. The Morgan fingerprint density at radius 3 is 2.50 bits per heavy atom. The summed E-state index contributed by atoms with van der Waals surface area (Å²) >= 11 is 3.42. The number of imide groups is 1. The Morgan fingerprint density at radius 1 is 1.08 bits per heavy atom. The maximum absolute atomic E-state index is 12.5. The summed E-state index contributed by atoms with van der Waals surface area (Å²) in [5.41, 5.74) is 2.68. The lowest BCUT2D eigenvalue weighted by Gasteiger charge is -2.12. The second-order valence-electron chi connectivity index (χ2n) is 6.29. The maximum atomic E-state index is 12.5. The number of fused-ring (bicyclic) bond motifs is 1. The molecule has 3 amide bonds. The highest BCUT2D eigenvalue weighted by molar-refractivity contribution is 9.10. The molecule has 0 spiro atoms. The standard InChI is InChI=1S/C20H19BrN2O3/c1-3-4-9-23-19(25)15-7-5-13(11-16(15)20(23)26)18(24)22-14-6-8-17(21)12(2)10-14/h5-8,10-11H,3-4,9H2,1-2H3,(H,22,24). The summed E-state index contributed by atoms with van der Waals surface area (Å²) in [5.74, 6) is -0.927. The molecular weight excluding hydrogens is 396 g/mol. The molecule has 1 aliphatic rings. The van der Waals surface area contributed by atoms with Crippen molar-refractivity contribution >= 4 is 39.3 Å². The fourth-order valence-corrected chi connectivity index (χ4v) is 3.12. The first-order valence-corrected chi connectivity index (χ1v) is 9.29. The van der Waals surface area contributed by atoms with Gasteiger partial charge in [0.15, 0.2) is 0 Å². The maximum Gasteiger partial charge on any atom is 0.261 e. The number of unbranched alkanes of at least 4 members (excludes halogenated alkanes) is 1. The van der Waals surface area contributed by atoms with E-state index in [1.165, 1.54) is 11.0 Å². The number of aryl methyl sites for hydroxylation is 1. The van der Waals surface area contributed by atoms with E-state index in [1.807, 2.05) is 26.0 Å². The molecule has 0 aliphatic carbocycles. The third kappa shape index (κ3) is 3.42. The predicted octanol–water partition coefficient (Wildman–Crippen LogP) is 4.41. The number of halogens is 1. The molecule has 2 aromatic carbocycles. The quantitative estimate of drug-likeness (QED) is 0.736. The molecule has 1 aliphatic heterocycles. The van der Waals surface area contributed by atoms with E-state index in [0.717, 1.165) is 22.9 Å². The second-order valence-corrected chi connectivity index (χ2v) is 7.15. The Bertz CT molecular complexity index is 908. The first kappa shape index (κ1) is 18.3. The van der Waals surface area contributed by atoms with E-state index in [0.29, 0.717) is 28.9 Å². The number of amides is 3. The van der Waals surface area contributed by atoms with Crippen LogP contribution in [0, 0.1) is 6.92 Å². The van der Waals surface area contributed by atoms with Gasteiger partial charge in [-0.1, -0.05) is 29.3 Å². The van der Waals surface area contributed by atoms with Gasteiger partial charge in [0.25, 0.3) is 17.7 Å². The smallest absolute Gasteiger partial charge is 0.261 e. The lowest BCUT2D eigenvalue weighted by atomic mass is 10.1. The molecule has 0 unspecified atom stereocenters. The van der Waals surface area contributed by atoms with Gasteiger partial charge in [0, 0.05) is 22.3 Å². The minimum Gasteiger partial charge on any atom is -0.322 e. The number of hydrogen-bond acceptors (Lipinski definition) is 3. The topological polar surface area (TPSA) is 66.5 Å². The number of benzene rings is 2. The van der Waals surface area contributed by atoms with Crippen molar-refractivity contribution in [1.29, 1.82) is 0 Å². The third-order valence-electron chi connectivity index (χ3n) is 4.38. The van der Waals surface area contributed by atoms with E-state index in [1.54, 1.807) is 18.2 Å². The SMILES string of the molecule is CCCCN1C(=O)c2ccc(C(=O)Nc3ccc(Br)c(C)c3)cc2C1=O. The summed E-state index contributed by atoms with van der Waals surface area (Å²) in [5, 5.41) is 2.82. The Balaban J connectivity index is 1.82. The van der Waals surface area contributed by atoms with Crippen molar-refractivity contribution in [2.24, 2.45) is 0 Å². The van der Waals surface area contributed by atoms with Crippen molar-refractivity contribution in [3.8, 4) is 0 Å². The van der Waals surface area contributed by atoms with E-state index in [4.69, 9.17) is 0 Å². The highest BCUT2D eigenvalue weighted by atomic mass is 79.9. The Hall–Kier alpha value is -2.47. The molecule has 2 aromatic rings. The van der Waals surface area contributed by atoms with Crippen LogP contribution in [0.25, 0.3) is 0 Å². The molecule has 0 fully saturated rings. The molecule has 0 saturated carbocycles. The number of anilines is 1. The van der Waals surface area contributed by atoms with Crippen LogP contribution in [0.2, 0.25) is 0 Å². The monoisotopic (exact) mass is 414 g/mol. The van der Waals surface area contributed by atoms with Crippen LogP contribution < -0.4 is 5.32 Å². The molecule has 1 N–H and O–H groups in total. The molecule has 3 rings (SSSR count). The van der Waals surface area contributed by atoms with E-state index in [-0.39, 0.29) is 17.7 Å². The van der Waals surface area contributed by atoms with Crippen LogP contribution in [0.15, 0.2) is 40.9 Å². The van der Waals surface area contributed by atoms with Crippen molar-refractivity contribution in [3.05, 3.63) is 63.1 Å². The van der Waals surface area contributed by atoms with E-state index in [9.17, 15) is 14.4 Å². The summed E-state index contributed by atoms with van der Waals surface area (Å²) in [6.07, 6.45) is 1.66. The van der Waals surface area contributed by atoms with Crippen molar-refractivity contribution < 1.29 is 14.4 Å². The number of nitrogens with zero attached hydrogens (tertiary/aromatic N) is 1. The molecule has 0 saturated heterocycles. The van der Waals surface area contributed by atoms with Gasteiger partial charge in [0.2, 0.25) is 0 Å². The van der Waals surface area contributed by atoms with Crippen LogP contribution in [0.4, 0.5) is 5.69 Å². The highest BCUT2D eigenvalue weighted by Crippen LogP contribution is 2.25. The van der Waals surface area contributed by atoms with Gasteiger partial charge in [-0.2, -0.15) is 0 Å². The molecule has 0 radical (unpaired) electrons.